The predicted octanol–water partition coefficient (Wildman–Crippen LogP) is -0.354. The molecule has 0 aliphatic carbocycles. The Morgan fingerprint density at radius 2 is 1.52 bits per heavy atom. The molecule has 8 heteroatoms. The Balaban J connectivity index is 0.00000225. The van der Waals surface area contributed by atoms with Crippen LogP contribution in [0.2, 0.25) is 0 Å². The second-order valence-corrected chi connectivity index (χ2v) is 7.35. The van der Waals surface area contributed by atoms with E-state index < -0.39 is 5.54 Å². The van der Waals surface area contributed by atoms with Crippen molar-refractivity contribution < 1.29 is 9.59 Å². The maximum atomic E-state index is 12.6. The molecule has 0 aromatic rings. The molecule has 0 saturated carbocycles. The zero-order valence-electron chi connectivity index (χ0n) is 15.0. The molecule has 0 spiro atoms. The molecule has 25 heavy (non-hydrogen) atoms. The summed E-state index contributed by atoms with van der Waals surface area (Å²) in [5, 5.41) is 3.30. The van der Waals surface area contributed by atoms with Crippen LogP contribution in [0.5, 0.6) is 0 Å². The first kappa shape index (κ1) is 20.4. The summed E-state index contributed by atoms with van der Waals surface area (Å²) >= 11 is 0. The molecule has 3 fully saturated rings. The van der Waals surface area contributed by atoms with Gasteiger partial charge in [-0.05, 0) is 38.8 Å². The molecule has 3 aliphatic heterocycles. The van der Waals surface area contributed by atoms with E-state index in [-0.39, 0.29) is 24.2 Å². The summed E-state index contributed by atoms with van der Waals surface area (Å²) in [6.07, 6.45) is 4.87. The van der Waals surface area contributed by atoms with E-state index in [0.717, 1.165) is 52.1 Å². The van der Waals surface area contributed by atoms with E-state index in [1.165, 1.54) is 6.42 Å². The standard InChI is InChI=1S/C17H31N5O2.ClH/c18-16(24)17(22-8-2-1-3-9-22)4-10-21(11-5-17)15(23)14-20-12-6-19-7-13-20;/h19H,1-14H2,(H2,18,24);1H. The van der Waals surface area contributed by atoms with Crippen LogP contribution in [0.1, 0.15) is 32.1 Å². The lowest BCUT2D eigenvalue weighted by Crippen LogP contribution is -2.64. The number of primary amides is 1. The molecule has 3 saturated heterocycles. The van der Waals surface area contributed by atoms with Crippen LogP contribution >= 0.6 is 12.4 Å². The van der Waals surface area contributed by atoms with Gasteiger partial charge in [-0.15, -0.1) is 12.4 Å². The van der Waals surface area contributed by atoms with E-state index in [2.05, 4.69) is 15.1 Å². The Morgan fingerprint density at radius 1 is 0.920 bits per heavy atom. The van der Waals surface area contributed by atoms with Gasteiger partial charge in [-0.25, -0.2) is 0 Å². The SMILES string of the molecule is Cl.NC(=O)C1(N2CCCCC2)CCN(C(=O)CN2CCNCC2)CC1. The number of nitrogens with two attached hydrogens (primary N) is 1. The first-order chi connectivity index (χ1) is 11.6. The Bertz CT molecular complexity index is 456. The van der Waals surface area contributed by atoms with E-state index in [0.29, 0.717) is 32.5 Å². The minimum absolute atomic E-state index is 0. The monoisotopic (exact) mass is 373 g/mol. The summed E-state index contributed by atoms with van der Waals surface area (Å²) in [6, 6.07) is 0. The lowest BCUT2D eigenvalue weighted by Gasteiger charge is -2.48. The normalized spacial score (nSPS) is 25.2. The number of piperidine rings is 2. The molecule has 0 aromatic heterocycles. The number of piperazine rings is 1. The number of halogens is 1. The molecule has 3 heterocycles. The highest BCUT2D eigenvalue weighted by Gasteiger charge is 2.45. The van der Waals surface area contributed by atoms with Gasteiger partial charge < -0.3 is 16.0 Å². The molecule has 3 aliphatic rings. The number of nitrogens with one attached hydrogen (secondary N) is 1. The fourth-order valence-corrected chi connectivity index (χ4v) is 4.33. The van der Waals surface area contributed by atoms with Crippen molar-refractivity contribution in [2.75, 3.05) is 58.9 Å². The second-order valence-electron chi connectivity index (χ2n) is 7.35. The molecule has 0 unspecified atom stereocenters. The number of carbonyl (C=O) groups is 2. The number of nitrogens with zero attached hydrogens (tertiary/aromatic N) is 3. The summed E-state index contributed by atoms with van der Waals surface area (Å²) in [6.45, 7) is 7.45. The van der Waals surface area contributed by atoms with Crippen LogP contribution < -0.4 is 11.1 Å². The van der Waals surface area contributed by atoms with Crippen molar-refractivity contribution in [1.82, 2.24) is 20.0 Å². The van der Waals surface area contributed by atoms with Gasteiger partial charge in [0.05, 0.1) is 6.54 Å². The molecule has 144 valence electrons. The smallest absolute Gasteiger partial charge is 0.238 e. The van der Waals surface area contributed by atoms with E-state index in [4.69, 9.17) is 5.73 Å². The Morgan fingerprint density at radius 3 is 2.08 bits per heavy atom. The minimum atomic E-state index is -0.535. The van der Waals surface area contributed by atoms with Crippen LogP contribution in [0.15, 0.2) is 0 Å². The summed E-state index contributed by atoms with van der Waals surface area (Å²) in [4.78, 5) is 31.2. The molecule has 0 bridgehead atoms. The average Bonchev–Trinajstić information content (AvgIpc) is 2.63. The Kier molecular flexibility index (Phi) is 7.49. The van der Waals surface area contributed by atoms with E-state index in [1.54, 1.807) is 0 Å². The van der Waals surface area contributed by atoms with E-state index in [9.17, 15) is 9.59 Å². The van der Waals surface area contributed by atoms with Gasteiger partial charge in [0.2, 0.25) is 11.8 Å². The van der Waals surface area contributed by atoms with Gasteiger partial charge in [0.1, 0.15) is 5.54 Å². The van der Waals surface area contributed by atoms with E-state index in [1.807, 2.05) is 4.90 Å². The second kappa shape index (κ2) is 9.16. The molecular weight excluding hydrogens is 342 g/mol. The molecule has 0 aromatic carbocycles. The van der Waals surface area contributed by atoms with E-state index >= 15 is 0 Å². The number of carbonyl (C=O) groups excluding carboxylic acids is 2. The highest BCUT2D eigenvalue weighted by Crippen LogP contribution is 2.31. The summed E-state index contributed by atoms with van der Waals surface area (Å²) in [7, 11) is 0. The van der Waals surface area contributed by atoms with Gasteiger partial charge in [-0.3, -0.25) is 19.4 Å². The summed E-state index contributed by atoms with van der Waals surface area (Å²) < 4.78 is 0. The number of hydrogen-bond acceptors (Lipinski definition) is 5. The third-order valence-electron chi connectivity index (χ3n) is 5.93. The molecule has 0 radical (unpaired) electrons. The minimum Gasteiger partial charge on any atom is -0.368 e. The van der Waals surface area contributed by atoms with Gasteiger partial charge >= 0.3 is 0 Å². The first-order valence-electron chi connectivity index (χ1n) is 9.38. The van der Waals surface area contributed by atoms with Crippen molar-refractivity contribution in [1.29, 1.82) is 0 Å². The van der Waals surface area contributed by atoms with Gasteiger partial charge in [0.15, 0.2) is 0 Å². The fourth-order valence-electron chi connectivity index (χ4n) is 4.33. The van der Waals surface area contributed by atoms with Crippen LogP contribution in [-0.2, 0) is 9.59 Å². The van der Waals surface area contributed by atoms with Gasteiger partial charge in [0.25, 0.3) is 0 Å². The van der Waals surface area contributed by atoms with Crippen molar-refractivity contribution in [3.8, 4) is 0 Å². The first-order valence-corrected chi connectivity index (χ1v) is 9.38. The maximum Gasteiger partial charge on any atom is 0.238 e. The lowest BCUT2D eigenvalue weighted by atomic mass is 9.83. The third kappa shape index (κ3) is 4.64. The quantitative estimate of drug-likeness (QED) is 0.703. The number of rotatable bonds is 4. The molecule has 3 N–H and O–H groups in total. The van der Waals surface area contributed by atoms with Crippen molar-refractivity contribution >= 4 is 24.2 Å². The predicted molar refractivity (Wildman–Crippen MR) is 99.7 cm³/mol. The van der Waals surface area contributed by atoms with Crippen molar-refractivity contribution in [3.63, 3.8) is 0 Å². The van der Waals surface area contributed by atoms with Crippen molar-refractivity contribution in [2.24, 2.45) is 5.73 Å². The number of hydrogen-bond donors (Lipinski definition) is 2. The van der Waals surface area contributed by atoms with Crippen LogP contribution in [0.3, 0.4) is 0 Å². The summed E-state index contributed by atoms with van der Waals surface area (Å²) in [5.41, 5.74) is 5.27. The number of amides is 2. The molecule has 3 rings (SSSR count). The Hall–Kier alpha value is -0.890. The van der Waals surface area contributed by atoms with Gasteiger partial charge in [-0.1, -0.05) is 6.42 Å². The van der Waals surface area contributed by atoms with Crippen LogP contribution in [0.25, 0.3) is 0 Å². The fraction of sp³-hybridized carbons (Fsp3) is 0.882. The van der Waals surface area contributed by atoms with Crippen LogP contribution in [-0.4, -0.2) is 91.0 Å². The molecule has 7 nitrogen and oxygen atoms in total. The van der Waals surface area contributed by atoms with Crippen LogP contribution in [0, 0.1) is 0 Å². The Labute approximate surface area is 156 Å². The largest absolute Gasteiger partial charge is 0.368 e. The molecular formula is C17H32ClN5O2. The number of likely N-dealkylation sites (tertiary alicyclic amines) is 2. The third-order valence-corrected chi connectivity index (χ3v) is 5.93. The van der Waals surface area contributed by atoms with Crippen molar-refractivity contribution in [2.45, 2.75) is 37.6 Å². The zero-order valence-corrected chi connectivity index (χ0v) is 15.9. The average molecular weight is 374 g/mol. The molecule has 0 atom stereocenters. The van der Waals surface area contributed by atoms with Crippen molar-refractivity contribution in [3.05, 3.63) is 0 Å². The topological polar surface area (TPSA) is 81.9 Å². The highest BCUT2D eigenvalue weighted by atomic mass is 35.5. The molecule has 2 amide bonds. The lowest BCUT2D eigenvalue weighted by molar-refractivity contribution is -0.142. The zero-order chi connectivity index (χ0) is 17.0. The van der Waals surface area contributed by atoms with Crippen LogP contribution in [0.4, 0.5) is 0 Å². The van der Waals surface area contributed by atoms with Gasteiger partial charge in [0, 0.05) is 39.3 Å². The highest BCUT2D eigenvalue weighted by molar-refractivity contribution is 5.86. The maximum absolute atomic E-state index is 12.6. The van der Waals surface area contributed by atoms with Gasteiger partial charge in [-0.2, -0.15) is 0 Å². The summed E-state index contributed by atoms with van der Waals surface area (Å²) in [5.74, 6) is -0.0211.